The summed E-state index contributed by atoms with van der Waals surface area (Å²) in [5.41, 5.74) is 3.51. The van der Waals surface area contributed by atoms with Gasteiger partial charge in [-0.15, -0.1) is 23.0 Å². The van der Waals surface area contributed by atoms with E-state index in [2.05, 4.69) is 57.9 Å². The minimum Gasteiger partial charge on any atom is -0.463 e. The monoisotopic (exact) mass is 323 g/mol. The summed E-state index contributed by atoms with van der Waals surface area (Å²) < 4.78 is 7.31. The van der Waals surface area contributed by atoms with Gasteiger partial charge in [0, 0.05) is 11.9 Å². The van der Waals surface area contributed by atoms with E-state index in [0.717, 1.165) is 16.1 Å². The molecule has 2 aromatic heterocycles. The molecule has 0 amide bonds. The standard InChI is InChI=1S/C18H17N3OS/c1-3-10-21-17(15-8-6-14(2)7-9-15)13-23-18(21)20-19-12-16-5-4-11-22-16/h3-9,11-13H,1,10H2,2H3/b19-12-,20-18-. The molecular formula is C18H17N3OS. The van der Waals surface area contributed by atoms with Gasteiger partial charge in [-0.1, -0.05) is 35.9 Å². The van der Waals surface area contributed by atoms with Crippen molar-refractivity contribution in [1.29, 1.82) is 0 Å². The quantitative estimate of drug-likeness (QED) is 0.393. The van der Waals surface area contributed by atoms with Crippen LogP contribution in [0.25, 0.3) is 11.3 Å². The van der Waals surface area contributed by atoms with Gasteiger partial charge in [0.2, 0.25) is 4.80 Å². The Morgan fingerprint density at radius 1 is 1.26 bits per heavy atom. The van der Waals surface area contributed by atoms with Crippen LogP contribution < -0.4 is 4.80 Å². The van der Waals surface area contributed by atoms with Gasteiger partial charge in [-0.3, -0.25) is 0 Å². The Kier molecular flexibility index (Phi) is 4.68. The van der Waals surface area contributed by atoms with Gasteiger partial charge in [-0.25, -0.2) is 0 Å². The summed E-state index contributed by atoms with van der Waals surface area (Å²) in [7, 11) is 0. The normalized spacial score (nSPS) is 12.1. The van der Waals surface area contributed by atoms with Gasteiger partial charge in [0.15, 0.2) is 0 Å². The van der Waals surface area contributed by atoms with Crippen molar-refractivity contribution in [1.82, 2.24) is 4.57 Å². The zero-order valence-corrected chi connectivity index (χ0v) is 13.7. The summed E-state index contributed by atoms with van der Waals surface area (Å²) in [5, 5.41) is 10.5. The van der Waals surface area contributed by atoms with Crippen molar-refractivity contribution >= 4 is 17.6 Å². The lowest BCUT2D eigenvalue weighted by Crippen LogP contribution is -2.14. The van der Waals surface area contributed by atoms with Crippen molar-refractivity contribution in [2.45, 2.75) is 13.5 Å². The summed E-state index contributed by atoms with van der Waals surface area (Å²) >= 11 is 1.56. The lowest BCUT2D eigenvalue weighted by atomic mass is 10.1. The van der Waals surface area contributed by atoms with E-state index >= 15 is 0 Å². The van der Waals surface area contributed by atoms with Gasteiger partial charge in [-0.2, -0.15) is 5.10 Å². The highest BCUT2D eigenvalue weighted by molar-refractivity contribution is 7.07. The molecule has 3 aromatic rings. The van der Waals surface area contributed by atoms with Crippen LogP contribution in [0, 0.1) is 6.92 Å². The van der Waals surface area contributed by atoms with Crippen molar-refractivity contribution in [3.8, 4) is 11.3 Å². The first kappa shape index (κ1) is 15.2. The smallest absolute Gasteiger partial charge is 0.211 e. The zero-order valence-electron chi connectivity index (χ0n) is 12.8. The first-order valence-electron chi connectivity index (χ1n) is 7.25. The Balaban J connectivity index is 1.98. The predicted octanol–water partition coefficient (Wildman–Crippen LogP) is 4.24. The summed E-state index contributed by atoms with van der Waals surface area (Å²) in [6, 6.07) is 12.1. The van der Waals surface area contributed by atoms with Gasteiger partial charge >= 0.3 is 0 Å². The maximum absolute atomic E-state index is 5.21. The van der Waals surface area contributed by atoms with Gasteiger partial charge < -0.3 is 8.98 Å². The van der Waals surface area contributed by atoms with Crippen molar-refractivity contribution in [2.24, 2.45) is 10.2 Å². The van der Waals surface area contributed by atoms with Crippen LogP contribution >= 0.6 is 11.3 Å². The fourth-order valence-corrected chi connectivity index (χ4v) is 3.04. The van der Waals surface area contributed by atoms with Gasteiger partial charge in [0.1, 0.15) is 5.76 Å². The average molecular weight is 323 g/mol. The molecule has 0 radical (unpaired) electrons. The molecule has 3 rings (SSSR count). The second kappa shape index (κ2) is 7.07. The third kappa shape index (κ3) is 3.57. The fourth-order valence-electron chi connectivity index (χ4n) is 2.17. The van der Waals surface area contributed by atoms with Crippen LogP contribution in [-0.4, -0.2) is 10.8 Å². The summed E-state index contributed by atoms with van der Waals surface area (Å²) in [5.74, 6) is 0.680. The highest BCUT2D eigenvalue weighted by atomic mass is 32.1. The molecule has 116 valence electrons. The number of aromatic nitrogens is 1. The number of hydrogen-bond donors (Lipinski definition) is 0. The van der Waals surface area contributed by atoms with E-state index in [1.165, 1.54) is 5.56 Å². The van der Waals surface area contributed by atoms with E-state index in [4.69, 9.17) is 4.42 Å². The molecule has 0 N–H and O–H groups in total. The molecule has 2 heterocycles. The van der Waals surface area contributed by atoms with Crippen LogP contribution in [0.2, 0.25) is 0 Å². The number of hydrogen-bond acceptors (Lipinski definition) is 4. The molecular weight excluding hydrogens is 306 g/mol. The average Bonchev–Trinajstić information content (AvgIpc) is 3.20. The van der Waals surface area contributed by atoms with Crippen LogP contribution in [0.15, 0.2) is 75.3 Å². The fraction of sp³-hybridized carbons (Fsp3) is 0.111. The first-order valence-corrected chi connectivity index (χ1v) is 8.13. The van der Waals surface area contributed by atoms with E-state index in [-0.39, 0.29) is 0 Å². The van der Waals surface area contributed by atoms with Crippen molar-refractivity contribution in [3.05, 3.63) is 76.8 Å². The molecule has 0 spiro atoms. The van der Waals surface area contributed by atoms with Crippen LogP contribution in [0.5, 0.6) is 0 Å². The minimum atomic E-state index is 0.680. The molecule has 0 saturated carbocycles. The molecule has 0 atom stereocenters. The largest absolute Gasteiger partial charge is 0.463 e. The predicted molar refractivity (Wildman–Crippen MR) is 94.5 cm³/mol. The number of furan rings is 1. The number of thiazole rings is 1. The summed E-state index contributed by atoms with van der Waals surface area (Å²) in [4.78, 5) is 0.822. The van der Waals surface area contributed by atoms with E-state index in [1.807, 2.05) is 18.2 Å². The summed E-state index contributed by atoms with van der Waals surface area (Å²) in [6.45, 7) is 6.60. The third-order valence-electron chi connectivity index (χ3n) is 3.33. The lowest BCUT2D eigenvalue weighted by Gasteiger charge is -2.06. The van der Waals surface area contributed by atoms with E-state index in [1.54, 1.807) is 23.8 Å². The van der Waals surface area contributed by atoms with E-state index in [0.29, 0.717) is 12.3 Å². The van der Waals surface area contributed by atoms with Crippen LogP contribution in [0.3, 0.4) is 0 Å². The van der Waals surface area contributed by atoms with Crippen molar-refractivity contribution in [2.75, 3.05) is 0 Å². The molecule has 0 aliphatic carbocycles. The molecule has 23 heavy (non-hydrogen) atoms. The number of rotatable bonds is 5. The lowest BCUT2D eigenvalue weighted by molar-refractivity contribution is 0.560. The van der Waals surface area contributed by atoms with E-state index in [9.17, 15) is 0 Å². The number of nitrogens with zero attached hydrogens (tertiary/aromatic N) is 3. The molecule has 0 bridgehead atoms. The van der Waals surface area contributed by atoms with Crippen LogP contribution in [0.4, 0.5) is 0 Å². The number of benzene rings is 1. The highest BCUT2D eigenvalue weighted by Crippen LogP contribution is 2.20. The Morgan fingerprint density at radius 3 is 2.78 bits per heavy atom. The Hall–Kier alpha value is -2.66. The Morgan fingerprint density at radius 2 is 2.09 bits per heavy atom. The second-order valence-corrected chi connectivity index (χ2v) is 5.87. The molecule has 0 aliphatic heterocycles. The third-order valence-corrected chi connectivity index (χ3v) is 4.18. The molecule has 4 nitrogen and oxygen atoms in total. The van der Waals surface area contributed by atoms with Gasteiger partial charge in [-0.05, 0) is 24.6 Å². The van der Waals surface area contributed by atoms with Gasteiger partial charge in [0.05, 0.1) is 18.2 Å². The molecule has 1 aromatic carbocycles. The van der Waals surface area contributed by atoms with E-state index < -0.39 is 0 Å². The molecule has 5 heteroatoms. The molecule has 0 saturated heterocycles. The van der Waals surface area contributed by atoms with Crippen LogP contribution in [-0.2, 0) is 6.54 Å². The molecule has 0 aliphatic rings. The van der Waals surface area contributed by atoms with Crippen molar-refractivity contribution < 1.29 is 4.42 Å². The topological polar surface area (TPSA) is 42.8 Å². The maximum atomic E-state index is 5.21. The highest BCUT2D eigenvalue weighted by Gasteiger charge is 2.06. The minimum absolute atomic E-state index is 0.680. The molecule has 0 fully saturated rings. The van der Waals surface area contributed by atoms with Crippen LogP contribution in [0.1, 0.15) is 11.3 Å². The SMILES string of the molecule is C=CCn1c(-c2ccc(C)cc2)cs/c1=N\N=C/c1ccco1. The summed E-state index contributed by atoms with van der Waals surface area (Å²) in [6.07, 6.45) is 5.07. The Labute approximate surface area is 138 Å². The number of allylic oxidation sites excluding steroid dienone is 1. The Bertz CT molecular complexity index is 868. The number of aryl methyl sites for hydroxylation is 1. The van der Waals surface area contributed by atoms with Gasteiger partial charge in [0.25, 0.3) is 0 Å². The first-order chi connectivity index (χ1) is 11.3. The van der Waals surface area contributed by atoms with Crippen molar-refractivity contribution in [3.63, 3.8) is 0 Å². The molecule has 0 unspecified atom stereocenters. The second-order valence-electron chi connectivity index (χ2n) is 5.03. The maximum Gasteiger partial charge on any atom is 0.211 e. The zero-order chi connectivity index (χ0) is 16.1.